The zero-order valence-corrected chi connectivity index (χ0v) is 38.8. The summed E-state index contributed by atoms with van der Waals surface area (Å²) in [6, 6.07) is 1.90. The molecule has 0 aromatic carbocycles. The highest BCUT2D eigenvalue weighted by Crippen LogP contribution is 2.55. The maximum atomic E-state index is 3.07. The number of allylic oxidation sites excluding steroid dienone is 28. The average molecular weight is 844 g/mol. The summed E-state index contributed by atoms with van der Waals surface area (Å²) in [5.74, 6) is 5.58. The van der Waals surface area contributed by atoms with Crippen molar-refractivity contribution in [1.82, 2.24) is 4.90 Å². The Balaban J connectivity index is 0.751. The highest BCUT2D eigenvalue weighted by Gasteiger charge is 2.49. The highest BCUT2D eigenvalue weighted by atomic mass is 15.3. The molecule has 64 heavy (non-hydrogen) atoms. The number of likely N-dealkylation sites (tertiary alicyclic amines) is 1. The summed E-state index contributed by atoms with van der Waals surface area (Å²) < 4.78 is 0. The maximum absolute atomic E-state index is 3.07. The molecule has 12 rings (SSSR count). The van der Waals surface area contributed by atoms with E-state index in [1.807, 2.05) is 11.1 Å². The molecule has 1 heterocycles. The van der Waals surface area contributed by atoms with Crippen LogP contribution in [0.25, 0.3) is 0 Å². The van der Waals surface area contributed by atoms with Gasteiger partial charge in [0.05, 0.1) is 0 Å². The first kappa shape index (κ1) is 41.2. The lowest BCUT2D eigenvalue weighted by atomic mass is 9.59. The van der Waals surface area contributed by atoms with Crippen molar-refractivity contribution in [2.45, 2.75) is 141 Å². The predicted molar refractivity (Wildman–Crippen MR) is 269 cm³/mol. The van der Waals surface area contributed by atoms with Crippen LogP contribution in [-0.4, -0.2) is 23.0 Å². The van der Waals surface area contributed by atoms with Gasteiger partial charge in [-0.2, -0.15) is 0 Å². The lowest BCUT2D eigenvalue weighted by molar-refractivity contribution is 0.0852. The van der Waals surface area contributed by atoms with Gasteiger partial charge in [0.1, 0.15) is 0 Å². The van der Waals surface area contributed by atoms with E-state index in [2.05, 4.69) is 145 Å². The minimum absolute atomic E-state index is 0.510. The average Bonchev–Trinajstić information content (AvgIpc) is 3.70. The van der Waals surface area contributed by atoms with E-state index in [4.69, 9.17) is 0 Å². The predicted octanol–water partition coefficient (Wildman–Crippen LogP) is 15.7. The molecule has 1 aliphatic heterocycles. The van der Waals surface area contributed by atoms with Crippen LogP contribution in [0.5, 0.6) is 0 Å². The van der Waals surface area contributed by atoms with Gasteiger partial charge in [-0.3, -0.25) is 4.90 Å². The molecule has 11 aliphatic carbocycles. The molecule has 330 valence electrons. The molecule has 12 atom stereocenters. The molecule has 0 spiro atoms. The van der Waals surface area contributed by atoms with Gasteiger partial charge in [-0.05, 0) is 178 Å². The summed E-state index contributed by atoms with van der Waals surface area (Å²) in [5.41, 5.74) is 16.7. The molecule has 0 bridgehead atoms. The van der Waals surface area contributed by atoms with Crippen molar-refractivity contribution in [2.24, 2.45) is 53.3 Å². The van der Waals surface area contributed by atoms with Gasteiger partial charge in [0.25, 0.3) is 0 Å². The summed E-state index contributed by atoms with van der Waals surface area (Å²) in [4.78, 5) is 3.07. The van der Waals surface area contributed by atoms with Gasteiger partial charge < -0.3 is 0 Å². The fourth-order valence-electron chi connectivity index (χ4n) is 15.3. The first-order valence-corrected chi connectivity index (χ1v) is 26.4. The molecule has 0 radical (unpaired) electrons. The third-order valence-electron chi connectivity index (χ3n) is 18.5. The summed E-state index contributed by atoms with van der Waals surface area (Å²) >= 11 is 0. The Hall–Kier alpha value is -4.20. The van der Waals surface area contributed by atoms with Crippen LogP contribution in [0.15, 0.2) is 189 Å². The van der Waals surface area contributed by atoms with Gasteiger partial charge in [0.2, 0.25) is 0 Å². The highest BCUT2D eigenvalue weighted by molar-refractivity contribution is 5.51. The normalized spacial score (nSPS) is 39.0. The first-order valence-electron chi connectivity index (χ1n) is 26.4. The van der Waals surface area contributed by atoms with Gasteiger partial charge in [-0.1, -0.05) is 157 Å². The standard InChI is InChI=1S/C63H73N/c1-42-35-48(43-15-5-2-6-16-43)31-33-61(42)64-62-24-14-13-23-57(62)60-40-50(32-34-63(60)64)49-29-30-51-41-58(55-21-11-12-22-56(55)59(51)39-49)47-27-25-46(26-28-47)54-37-52(44-17-7-3-8-18-44)36-53(38-54)45-19-9-4-10-20-45/h2-3,5,7-9,12-13,15,17,19-20,22-23,25,29-30,32,35-37,40,42,44,47,49,51,54,56-57,59,61-63H,4,6,10-11,14,16,18,21,24,26-28,31,33-34,38-39,41H2,1H3. The number of hydrogen-bond acceptors (Lipinski definition) is 1. The van der Waals surface area contributed by atoms with Crippen molar-refractivity contribution in [3.05, 3.63) is 189 Å². The Morgan fingerprint density at radius 2 is 1.50 bits per heavy atom. The Morgan fingerprint density at radius 3 is 2.34 bits per heavy atom. The second-order valence-corrected chi connectivity index (χ2v) is 22.0. The second kappa shape index (κ2) is 17.9. The van der Waals surface area contributed by atoms with E-state index in [1.165, 1.54) is 108 Å². The quantitative estimate of drug-likeness (QED) is 0.231. The zero-order chi connectivity index (χ0) is 42.6. The molecule has 1 fully saturated rings. The molecule has 0 aromatic heterocycles. The van der Waals surface area contributed by atoms with Crippen molar-refractivity contribution in [1.29, 1.82) is 0 Å². The lowest BCUT2D eigenvalue weighted by Crippen LogP contribution is -2.49. The number of nitrogens with zero attached hydrogens (tertiary/aromatic N) is 1. The molecule has 0 N–H and O–H groups in total. The van der Waals surface area contributed by atoms with Crippen molar-refractivity contribution >= 4 is 0 Å². The first-order chi connectivity index (χ1) is 31.6. The van der Waals surface area contributed by atoms with Crippen LogP contribution in [0.3, 0.4) is 0 Å². The topological polar surface area (TPSA) is 3.24 Å². The summed E-state index contributed by atoms with van der Waals surface area (Å²) in [7, 11) is 0. The fraction of sp³-hybridized carbons (Fsp3) is 0.492. The molecule has 0 amide bonds. The van der Waals surface area contributed by atoms with Crippen LogP contribution in [0.2, 0.25) is 0 Å². The minimum Gasteiger partial charge on any atom is -0.289 e. The second-order valence-electron chi connectivity index (χ2n) is 22.0. The molecule has 12 aliphatic rings. The lowest BCUT2D eigenvalue weighted by Gasteiger charge is -2.46. The van der Waals surface area contributed by atoms with Crippen molar-refractivity contribution in [2.75, 3.05) is 0 Å². The van der Waals surface area contributed by atoms with Gasteiger partial charge in [-0.15, -0.1) is 0 Å². The van der Waals surface area contributed by atoms with Crippen LogP contribution in [-0.2, 0) is 0 Å². The van der Waals surface area contributed by atoms with Crippen LogP contribution >= 0.6 is 0 Å². The fourth-order valence-corrected chi connectivity index (χ4v) is 15.3. The Morgan fingerprint density at radius 1 is 0.562 bits per heavy atom. The van der Waals surface area contributed by atoms with E-state index in [0.29, 0.717) is 59.6 Å². The Kier molecular flexibility index (Phi) is 11.5. The molecule has 0 aromatic rings. The van der Waals surface area contributed by atoms with E-state index < -0.39 is 0 Å². The minimum atomic E-state index is 0.510. The molecule has 12 unspecified atom stereocenters. The smallest absolute Gasteiger partial charge is 0.0358 e. The van der Waals surface area contributed by atoms with E-state index >= 15 is 0 Å². The number of fused-ring (bicyclic) bond motifs is 6. The molecule has 0 saturated carbocycles. The van der Waals surface area contributed by atoms with Crippen LogP contribution in [0.1, 0.15) is 122 Å². The van der Waals surface area contributed by atoms with Gasteiger partial charge in [0.15, 0.2) is 0 Å². The Labute approximate surface area is 386 Å². The van der Waals surface area contributed by atoms with Crippen molar-refractivity contribution in [3.63, 3.8) is 0 Å². The molecule has 1 nitrogen and oxygen atoms in total. The Bertz CT molecular complexity index is 2390. The summed E-state index contributed by atoms with van der Waals surface area (Å²) in [6.07, 6.45) is 77.9. The molecular formula is C63H73N. The third-order valence-corrected chi connectivity index (χ3v) is 18.5. The maximum Gasteiger partial charge on any atom is 0.0358 e. The largest absolute Gasteiger partial charge is 0.289 e. The third kappa shape index (κ3) is 7.78. The summed E-state index contributed by atoms with van der Waals surface area (Å²) in [5, 5.41) is 0. The van der Waals surface area contributed by atoms with Crippen LogP contribution in [0, 0.1) is 53.3 Å². The van der Waals surface area contributed by atoms with Gasteiger partial charge in [-0.25, -0.2) is 0 Å². The van der Waals surface area contributed by atoms with Crippen molar-refractivity contribution in [3.8, 4) is 0 Å². The zero-order valence-electron chi connectivity index (χ0n) is 38.8. The monoisotopic (exact) mass is 844 g/mol. The van der Waals surface area contributed by atoms with Gasteiger partial charge in [0, 0.05) is 47.7 Å². The SMILES string of the molecule is CC1C=C(C2=CC=CCC2)CCC1N1C2CC=C(C3C=CC4CC(C5CC=C(C6C=C(C7C=CC=CC7)C=C(C7=CCCC=C7)C6)CC5)=C5CCC=CC5C4C3)C=C2C2C=CCCC21. The van der Waals surface area contributed by atoms with Gasteiger partial charge >= 0.3 is 0 Å². The van der Waals surface area contributed by atoms with E-state index in [1.54, 1.807) is 39.0 Å². The number of rotatable bonds is 7. The van der Waals surface area contributed by atoms with Crippen LogP contribution in [0.4, 0.5) is 0 Å². The molecular weight excluding hydrogens is 771 g/mol. The molecule has 1 saturated heterocycles. The molecule has 1 heteroatoms. The van der Waals surface area contributed by atoms with Crippen LogP contribution < -0.4 is 0 Å². The number of hydrogen-bond donors (Lipinski definition) is 0. The van der Waals surface area contributed by atoms with E-state index in [-0.39, 0.29) is 0 Å². The van der Waals surface area contributed by atoms with E-state index in [0.717, 1.165) is 24.7 Å². The van der Waals surface area contributed by atoms with E-state index in [9.17, 15) is 0 Å². The van der Waals surface area contributed by atoms with Crippen molar-refractivity contribution < 1.29 is 0 Å². The summed E-state index contributed by atoms with van der Waals surface area (Å²) in [6.45, 7) is 2.53.